The summed E-state index contributed by atoms with van der Waals surface area (Å²) in [4.78, 5) is 31.7. The SMILES string of the molecule is CN(C)c1nc(C=Cc2cccc([N+](=O)[O-])c2)cc(C=Cc2cccc([N+](=O)[O-])c2)n1. The lowest BCUT2D eigenvalue weighted by Gasteiger charge is -2.11. The van der Waals surface area contributed by atoms with Gasteiger partial charge in [0.15, 0.2) is 0 Å². The highest BCUT2D eigenvalue weighted by Gasteiger charge is 2.07. The Labute approximate surface area is 178 Å². The zero-order chi connectivity index (χ0) is 22.4. The third-order valence-electron chi connectivity index (χ3n) is 4.21. The van der Waals surface area contributed by atoms with Crippen LogP contribution in [-0.2, 0) is 0 Å². The third-order valence-corrected chi connectivity index (χ3v) is 4.21. The minimum Gasteiger partial charge on any atom is -0.347 e. The van der Waals surface area contributed by atoms with Crippen LogP contribution in [0.15, 0.2) is 54.6 Å². The fourth-order valence-corrected chi connectivity index (χ4v) is 2.69. The quantitative estimate of drug-likeness (QED) is 0.404. The number of nitro benzene ring substituents is 2. The molecule has 1 heterocycles. The molecule has 31 heavy (non-hydrogen) atoms. The number of nitrogens with zero attached hydrogens (tertiary/aromatic N) is 5. The minimum atomic E-state index is -0.441. The van der Waals surface area contributed by atoms with Gasteiger partial charge >= 0.3 is 0 Å². The smallest absolute Gasteiger partial charge is 0.270 e. The van der Waals surface area contributed by atoms with E-state index in [4.69, 9.17) is 0 Å². The van der Waals surface area contributed by atoms with Gasteiger partial charge in [-0.05, 0) is 29.3 Å². The van der Waals surface area contributed by atoms with Crippen molar-refractivity contribution in [2.24, 2.45) is 0 Å². The van der Waals surface area contributed by atoms with Crippen LogP contribution in [0.3, 0.4) is 0 Å². The summed E-state index contributed by atoms with van der Waals surface area (Å²) in [5.74, 6) is 0.486. The Kier molecular flexibility index (Phi) is 6.46. The first-order valence-electron chi connectivity index (χ1n) is 9.23. The summed E-state index contributed by atoms with van der Waals surface area (Å²) in [5, 5.41) is 21.9. The summed E-state index contributed by atoms with van der Waals surface area (Å²) in [7, 11) is 3.63. The van der Waals surface area contributed by atoms with Crippen molar-refractivity contribution in [1.82, 2.24) is 9.97 Å². The minimum absolute atomic E-state index is 0.0133. The molecule has 9 heteroatoms. The summed E-state index contributed by atoms with van der Waals surface area (Å²) in [5.41, 5.74) is 2.60. The molecule has 0 atom stereocenters. The molecule has 1 aromatic heterocycles. The molecule has 0 aliphatic carbocycles. The van der Waals surface area contributed by atoms with Gasteiger partial charge in [0.25, 0.3) is 11.4 Å². The average Bonchev–Trinajstić information content (AvgIpc) is 2.76. The molecule has 9 nitrogen and oxygen atoms in total. The number of rotatable bonds is 7. The Balaban J connectivity index is 1.91. The van der Waals surface area contributed by atoms with E-state index in [1.54, 1.807) is 59.5 Å². The summed E-state index contributed by atoms with van der Waals surface area (Å²) in [6.45, 7) is 0. The van der Waals surface area contributed by atoms with Crippen molar-refractivity contribution >= 4 is 41.6 Å². The molecular formula is C22H19N5O4. The van der Waals surface area contributed by atoms with Crippen LogP contribution in [0.25, 0.3) is 24.3 Å². The predicted molar refractivity (Wildman–Crippen MR) is 120 cm³/mol. The molecule has 3 rings (SSSR count). The molecule has 156 valence electrons. The van der Waals surface area contributed by atoms with Crippen molar-refractivity contribution in [2.45, 2.75) is 0 Å². The van der Waals surface area contributed by atoms with Gasteiger partial charge in [-0.1, -0.05) is 36.4 Å². The topological polar surface area (TPSA) is 115 Å². The number of aromatic nitrogens is 2. The monoisotopic (exact) mass is 417 g/mol. The van der Waals surface area contributed by atoms with Gasteiger partial charge in [0.1, 0.15) is 0 Å². The van der Waals surface area contributed by atoms with Gasteiger partial charge in [0.05, 0.1) is 21.2 Å². The predicted octanol–water partition coefficient (Wildman–Crippen LogP) is 4.70. The second kappa shape index (κ2) is 9.40. The van der Waals surface area contributed by atoms with E-state index < -0.39 is 9.85 Å². The molecule has 0 bridgehead atoms. The van der Waals surface area contributed by atoms with Crippen LogP contribution in [0.5, 0.6) is 0 Å². The van der Waals surface area contributed by atoms with Gasteiger partial charge in [0, 0.05) is 38.4 Å². The summed E-state index contributed by atoms with van der Waals surface area (Å²) in [6, 6.07) is 14.4. The Morgan fingerprint density at radius 3 is 1.58 bits per heavy atom. The van der Waals surface area contributed by atoms with E-state index in [0.29, 0.717) is 28.5 Å². The zero-order valence-electron chi connectivity index (χ0n) is 16.9. The lowest BCUT2D eigenvalue weighted by molar-refractivity contribution is -0.385. The molecule has 0 aliphatic rings. The number of nitro groups is 2. The molecule has 0 unspecified atom stereocenters. The molecular weight excluding hydrogens is 398 g/mol. The molecule has 0 spiro atoms. The van der Waals surface area contributed by atoms with E-state index >= 15 is 0 Å². The van der Waals surface area contributed by atoms with Crippen molar-refractivity contribution in [3.63, 3.8) is 0 Å². The van der Waals surface area contributed by atoms with E-state index in [1.165, 1.54) is 24.3 Å². The second-order valence-electron chi connectivity index (χ2n) is 6.78. The highest BCUT2D eigenvalue weighted by atomic mass is 16.6. The normalized spacial score (nSPS) is 11.2. The van der Waals surface area contributed by atoms with Crippen molar-refractivity contribution in [3.8, 4) is 0 Å². The van der Waals surface area contributed by atoms with Crippen LogP contribution < -0.4 is 4.90 Å². The number of hydrogen-bond acceptors (Lipinski definition) is 7. The molecule has 0 saturated heterocycles. The first kappa shape index (κ1) is 21.3. The Hall–Kier alpha value is -4.40. The zero-order valence-corrected chi connectivity index (χ0v) is 16.9. The van der Waals surface area contributed by atoms with Gasteiger partial charge in [-0.15, -0.1) is 0 Å². The van der Waals surface area contributed by atoms with Crippen molar-refractivity contribution in [3.05, 3.63) is 97.3 Å². The molecule has 0 amide bonds. The fraction of sp³-hybridized carbons (Fsp3) is 0.0909. The standard InChI is InChI=1S/C22H19N5O4/c1-25(2)22-23-18(11-9-16-5-3-7-20(13-16)26(28)29)15-19(24-22)12-10-17-6-4-8-21(14-17)27(30)31/h3-15H,1-2H3. The van der Waals surface area contributed by atoms with Crippen LogP contribution in [-0.4, -0.2) is 33.9 Å². The lowest BCUT2D eigenvalue weighted by Crippen LogP contribution is -2.13. The molecule has 0 fully saturated rings. The van der Waals surface area contributed by atoms with Gasteiger partial charge in [-0.25, -0.2) is 9.97 Å². The molecule has 0 saturated carbocycles. The van der Waals surface area contributed by atoms with E-state index in [-0.39, 0.29) is 11.4 Å². The van der Waals surface area contributed by atoms with Crippen LogP contribution in [0.1, 0.15) is 22.5 Å². The maximum Gasteiger partial charge on any atom is 0.270 e. The second-order valence-corrected chi connectivity index (χ2v) is 6.78. The van der Waals surface area contributed by atoms with Gasteiger partial charge in [-0.3, -0.25) is 20.2 Å². The van der Waals surface area contributed by atoms with E-state index in [9.17, 15) is 20.2 Å². The van der Waals surface area contributed by atoms with Crippen LogP contribution in [0, 0.1) is 20.2 Å². The van der Waals surface area contributed by atoms with Crippen molar-refractivity contribution in [2.75, 3.05) is 19.0 Å². The number of anilines is 1. The Morgan fingerprint density at radius 2 is 1.19 bits per heavy atom. The summed E-state index contributed by atoms with van der Waals surface area (Å²) < 4.78 is 0. The van der Waals surface area contributed by atoms with Crippen LogP contribution in [0.4, 0.5) is 17.3 Å². The van der Waals surface area contributed by atoms with Gasteiger partial charge < -0.3 is 4.90 Å². The average molecular weight is 417 g/mol. The Bertz CT molecular complexity index is 1100. The molecule has 0 N–H and O–H groups in total. The van der Waals surface area contributed by atoms with E-state index in [1.807, 2.05) is 14.1 Å². The van der Waals surface area contributed by atoms with E-state index in [2.05, 4.69) is 9.97 Å². The van der Waals surface area contributed by atoms with Gasteiger partial charge in [-0.2, -0.15) is 0 Å². The van der Waals surface area contributed by atoms with Crippen molar-refractivity contribution in [1.29, 1.82) is 0 Å². The largest absolute Gasteiger partial charge is 0.347 e. The fourth-order valence-electron chi connectivity index (χ4n) is 2.69. The molecule has 3 aromatic rings. The lowest BCUT2D eigenvalue weighted by atomic mass is 10.1. The van der Waals surface area contributed by atoms with Gasteiger partial charge in [0.2, 0.25) is 5.95 Å². The molecule has 2 aromatic carbocycles. The Morgan fingerprint density at radius 1 is 0.742 bits per heavy atom. The summed E-state index contributed by atoms with van der Waals surface area (Å²) >= 11 is 0. The number of hydrogen-bond donors (Lipinski definition) is 0. The van der Waals surface area contributed by atoms with Crippen LogP contribution in [0.2, 0.25) is 0 Å². The number of benzene rings is 2. The van der Waals surface area contributed by atoms with Crippen molar-refractivity contribution < 1.29 is 9.85 Å². The third kappa shape index (κ3) is 5.80. The summed E-state index contributed by atoms with van der Waals surface area (Å²) in [6.07, 6.45) is 6.97. The van der Waals surface area contributed by atoms with E-state index in [0.717, 1.165) is 0 Å². The highest BCUT2D eigenvalue weighted by molar-refractivity contribution is 5.73. The maximum absolute atomic E-state index is 10.9. The first-order valence-corrected chi connectivity index (χ1v) is 9.23. The molecule has 0 radical (unpaired) electrons. The van der Waals surface area contributed by atoms with Crippen LogP contribution >= 0.6 is 0 Å². The first-order chi connectivity index (χ1) is 14.8. The highest BCUT2D eigenvalue weighted by Crippen LogP contribution is 2.18. The maximum atomic E-state index is 10.9. The molecule has 0 aliphatic heterocycles. The number of non-ortho nitro benzene ring substituents is 2.